The molecule has 0 aliphatic heterocycles. The summed E-state index contributed by atoms with van der Waals surface area (Å²) in [6, 6.07) is 8.45. The Hall–Kier alpha value is -2.95. The Morgan fingerprint density at radius 3 is 2.50 bits per heavy atom. The Labute approximate surface area is 252 Å². The number of carbonyl (C=O) groups is 1. The molecule has 0 spiro atoms. The molecule has 4 rings (SSSR count). The van der Waals surface area contributed by atoms with Gasteiger partial charge in [-0.2, -0.15) is 17.7 Å². The van der Waals surface area contributed by atoms with Crippen LogP contribution in [-0.2, 0) is 27.0 Å². The summed E-state index contributed by atoms with van der Waals surface area (Å²) in [6.07, 6.45) is 1.39. The Morgan fingerprint density at radius 1 is 1.15 bits per heavy atom. The van der Waals surface area contributed by atoms with Gasteiger partial charge >= 0.3 is 47.3 Å². The van der Waals surface area contributed by atoms with Crippen molar-refractivity contribution in [2.75, 3.05) is 14.2 Å². The molecule has 11 nitrogen and oxygen atoms in total. The predicted octanol–water partition coefficient (Wildman–Crippen LogP) is 2.95. The number of aromatic nitrogens is 3. The second-order valence-electron chi connectivity index (χ2n) is 7.96. The summed E-state index contributed by atoms with van der Waals surface area (Å²) < 4.78 is 82.8. The van der Waals surface area contributed by atoms with Crippen molar-refractivity contribution in [1.82, 2.24) is 13.9 Å². The quantitative estimate of drug-likeness (QED) is 0.211. The summed E-state index contributed by atoms with van der Waals surface area (Å²) in [6.45, 7) is -1.68. The molecule has 0 aliphatic rings. The normalized spacial score (nSPS) is 12.2. The summed E-state index contributed by atoms with van der Waals surface area (Å²) in [7, 11) is -1.85. The van der Waals surface area contributed by atoms with Crippen LogP contribution in [0, 0.1) is 6.92 Å². The van der Waals surface area contributed by atoms with Crippen molar-refractivity contribution in [3.05, 3.63) is 65.5 Å². The van der Waals surface area contributed by atoms with E-state index >= 15 is 0 Å². The summed E-state index contributed by atoms with van der Waals surface area (Å²) >= 11 is -2.19. The number of hydrogen-bond acceptors (Lipinski definition) is 9. The molecular weight excluding hydrogens is 583 g/mol. The van der Waals surface area contributed by atoms with Crippen LogP contribution < -0.4 is 14.2 Å². The maximum atomic E-state index is 14.0. The van der Waals surface area contributed by atoms with Gasteiger partial charge < -0.3 is 23.9 Å². The molecule has 1 N–H and O–H groups in total. The molecule has 0 aliphatic carbocycles. The molecule has 0 radical (unpaired) electrons. The molecule has 0 bridgehead atoms. The van der Waals surface area contributed by atoms with E-state index in [4.69, 9.17) is 9.47 Å². The SMILES string of the molecule is COc1ccnc(C[S+]([O-])c2nc3cc(OC(F)F)ccc3n2S(=O)(=O)c2cc(C(=O)O)ccc2C)c1OC.[NaH]. The Balaban J connectivity index is 0.00000441. The van der Waals surface area contributed by atoms with E-state index in [1.807, 2.05) is 0 Å². The van der Waals surface area contributed by atoms with Crippen LogP contribution >= 0.6 is 0 Å². The fraction of sp³-hybridized carbons (Fsp3) is 0.208. The van der Waals surface area contributed by atoms with Gasteiger partial charge in [0.1, 0.15) is 11.4 Å². The number of methoxy groups -OCH3 is 2. The number of carboxylic acid groups (broad SMARTS) is 1. The van der Waals surface area contributed by atoms with E-state index in [0.29, 0.717) is 9.72 Å². The van der Waals surface area contributed by atoms with Gasteiger partial charge in [-0.05, 0) is 36.8 Å². The Kier molecular flexibility index (Phi) is 10.0. The standard InChI is InChI=1S/C24H21F2N3O8S2.Na.H/c1-13-4-5-14(22(30)31)10-20(13)39(33,34)29-18-7-6-15(37-23(25)26)11-16(18)28-24(29)38(32)12-17-21(36-3)19(35-2)8-9-27-17;;/h4-11,23H,12H2,1-3H3,(H,30,31);;. The van der Waals surface area contributed by atoms with E-state index in [1.165, 1.54) is 51.6 Å². The number of ether oxygens (including phenoxy) is 3. The van der Waals surface area contributed by atoms with E-state index in [0.717, 1.165) is 18.2 Å². The topological polar surface area (TPSA) is 153 Å². The minimum atomic E-state index is -4.61. The Morgan fingerprint density at radius 2 is 1.88 bits per heavy atom. The number of rotatable bonds is 10. The van der Waals surface area contributed by atoms with E-state index < -0.39 is 38.9 Å². The minimum absolute atomic E-state index is 0. The summed E-state index contributed by atoms with van der Waals surface area (Å²) in [5, 5.41) is 8.95. The number of benzene rings is 2. The number of halogens is 2. The molecule has 1 unspecified atom stereocenters. The van der Waals surface area contributed by atoms with Crippen LogP contribution in [0.4, 0.5) is 8.78 Å². The molecule has 1 atom stereocenters. The zero-order valence-corrected chi connectivity index (χ0v) is 22.3. The number of fused-ring (bicyclic) bond motifs is 1. The molecule has 0 saturated carbocycles. The van der Waals surface area contributed by atoms with Crippen LogP contribution in [0.15, 0.2) is 58.7 Å². The number of hydrogen-bond donors (Lipinski definition) is 1. The fourth-order valence-corrected chi connectivity index (χ4v) is 7.04. The van der Waals surface area contributed by atoms with Gasteiger partial charge in [0.2, 0.25) is 0 Å². The van der Waals surface area contributed by atoms with E-state index in [1.54, 1.807) is 0 Å². The first-order valence-electron chi connectivity index (χ1n) is 11.0. The predicted molar refractivity (Wildman–Crippen MR) is 142 cm³/mol. The summed E-state index contributed by atoms with van der Waals surface area (Å²) in [5.74, 6) is -1.52. The number of nitrogens with zero attached hydrogens (tertiary/aromatic N) is 3. The van der Waals surface area contributed by atoms with Crippen molar-refractivity contribution in [2.45, 2.75) is 29.3 Å². The van der Waals surface area contributed by atoms with Gasteiger partial charge in [0.05, 0.1) is 35.7 Å². The number of aromatic carboxylic acids is 1. The number of aryl methyl sites for hydroxylation is 1. The molecule has 16 heteroatoms. The molecule has 2 aromatic heterocycles. The van der Waals surface area contributed by atoms with Gasteiger partial charge in [-0.3, -0.25) is 4.98 Å². The van der Waals surface area contributed by atoms with E-state index in [9.17, 15) is 31.7 Å². The van der Waals surface area contributed by atoms with Crippen molar-refractivity contribution in [3.63, 3.8) is 0 Å². The molecule has 0 saturated heterocycles. The van der Waals surface area contributed by atoms with Crippen LogP contribution in [0.2, 0.25) is 0 Å². The monoisotopic (exact) mass is 605 g/mol. The van der Waals surface area contributed by atoms with E-state index in [2.05, 4.69) is 14.7 Å². The Bertz CT molecular complexity index is 1670. The fourth-order valence-electron chi connectivity index (χ4n) is 3.82. The second-order valence-corrected chi connectivity index (χ2v) is 11.1. The third-order valence-corrected chi connectivity index (χ3v) is 8.75. The van der Waals surface area contributed by atoms with Gasteiger partial charge in [-0.1, -0.05) is 6.07 Å². The van der Waals surface area contributed by atoms with E-state index in [-0.39, 0.29) is 79.6 Å². The van der Waals surface area contributed by atoms with Crippen molar-refractivity contribution < 1.29 is 45.9 Å². The number of alkyl halides is 2. The first-order chi connectivity index (χ1) is 18.5. The zero-order chi connectivity index (χ0) is 28.5. The van der Waals surface area contributed by atoms with Crippen molar-refractivity contribution in [3.8, 4) is 17.2 Å². The first-order valence-corrected chi connectivity index (χ1v) is 13.7. The third-order valence-electron chi connectivity index (χ3n) is 5.57. The van der Waals surface area contributed by atoms with Crippen molar-refractivity contribution >= 4 is 67.8 Å². The van der Waals surface area contributed by atoms with Crippen LogP contribution in [-0.4, -0.2) is 88.4 Å². The number of pyridine rings is 1. The zero-order valence-electron chi connectivity index (χ0n) is 20.6. The molecule has 208 valence electrons. The van der Waals surface area contributed by atoms with Crippen molar-refractivity contribution in [1.29, 1.82) is 0 Å². The van der Waals surface area contributed by atoms with Gasteiger partial charge in [-0.25, -0.2) is 13.2 Å². The number of imidazole rings is 1. The average molecular weight is 606 g/mol. The first kappa shape index (κ1) is 31.6. The van der Waals surface area contributed by atoms with Crippen LogP contribution in [0.5, 0.6) is 17.2 Å². The molecule has 0 fully saturated rings. The van der Waals surface area contributed by atoms with Crippen LogP contribution in [0.1, 0.15) is 21.6 Å². The molecule has 2 heterocycles. The second kappa shape index (κ2) is 12.7. The van der Waals surface area contributed by atoms with Gasteiger partial charge in [0, 0.05) is 29.5 Å². The van der Waals surface area contributed by atoms with Crippen LogP contribution in [0.3, 0.4) is 0 Å². The van der Waals surface area contributed by atoms with Crippen molar-refractivity contribution in [2.24, 2.45) is 0 Å². The molecule has 4 aromatic rings. The molecule has 0 amide bonds. The van der Waals surface area contributed by atoms with Gasteiger partial charge in [-0.15, -0.1) is 0 Å². The summed E-state index contributed by atoms with van der Waals surface area (Å²) in [5.41, 5.74) is -0.0862. The molecular formula is C24H22F2N3NaO8S2. The number of carboxylic acids is 1. The van der Waals surface area contributed by atoms with Gasteiger partial charge in [0.15, 0.2) is 17.3 Å². The summed E-state index contributed by atoms with van der Waals surface area (Å²) in [4.78, 5) is 19.5. The molecule has 2 aromatic carbocycles. The maximum absolute atomic E-state index is 14.0. The molecule has 40 heavy (non-hydrogen) atoms. The third kappa shape index (κ3) is 6.19. The van der Waals surface area contributed by atoms with Crippen LogP contribution in [0.25, 0.3) is 11.0 Å². The average Bonchev–Trinajstić information content (AvgIpc) is 3.28. The van der Waals surface area contributed by atoms with Gasteiger partial charge in [0.25, 0.3) is 10.0 Å².